The summed E-state index contributed by atoms with van der Waals surface area (Å²) in [6.07, 6.45) is 1.75. The number of fused-ring (bicyclic) bond motifs is 6. The van der Waals surface area contributed by atoms with E-state index < -0.39 is 0 Å². The first-order valence-corrected chi connectivity index (χ1v) is 14.5. The first-order chi connectivity index (χ1) is 19.4. The fourth-order valence-corrected chi connectivity index (χ4v) is 5.97. The van der Waals surface area contributed by atoms with E-state index in [-0.39, 0.29) is 23.7 Å². The number of para-hydroxylation sites is 1. The summed E-state index contributed by atoms with van der Waals surface area (Å²) in [5.74, 6) is 0. The van der Waals surface area contributed by atoms with Crippen molar-refractivity contribution in [2.24, 2.45) is 7.05 Å². The average molecular weight is 544 g/mol. The van der Waals surface area contributed by atoms with E-state index in [0.717, 1.165) is 5.46 Å². The second-order valence-corrected chi connectivity index (χ2v) is 12.6. The highest BCUT2D eigenvalue weighted by Crippen LogP contribution is 2.48. The molecule has 1 aliphatic heterocycles. The second-order valence-electron chi connectivity index (χ2n) is 12.6. The molecule has 2 heterocycles. The Morgan fingerprint density at radius 2 is 1.12 bits per heavy atom. The van der Waals surface area contributed by atoms with Gasteiger partial charge in [-0.2, -0.15) is 0 Å². The Morgan fingerprint density at radius 3 is 1.68 bits per heavy atom. The third kappa shape index (κ3) is 4.94. The van der Waals surface area contributed by atoms with Gasteiger partial charge < -0.3 is 13.9 Å². The van der Waals surface area contributed by atoms with Crippen LogP contribution in [0.1, 0.15) is 59.6 Å². The topological polar surface area (TPSA) is 23.4 Å². The summed E-state index contributed by atoms with van der Waals surface area (Å²) < 4.78 is 14.6. The highest BCUT2D eigenvalue weighted by molar-refractivity contribution is 6.62. The van der Waals surface area contributed by atoms with E-state index in [9.17, 15) is 0 Å². The molecule has 210 valence electrons. The third-order valence-electron chi connectivity index (χ3n) is 8.96. The first kappa shape index (κ1) is 28.9. The molecule has 0 bridgehead atoms. The molecule has 4 aromatic carbocycles. The molecule has 0 radical (unpaired) electrons. The predicted octanol–water partition coefficient (Wildman–Crippen LogP) is 8.82. The second kappa shape index (κ2) is 10.7. The van der Waals surface area contributed by atoms with Gasteiger partial charge in [0.05, 0.1) is 11.2 Å². The minimum atomic E-state index is -0.317. The van der Waals surface area contributed by atoms with Gasteiger partial charge in [-0.15, -0.1) is 6.58 Å². The van der Waals surface area contributed by atoms with Crippen LogP contribution in [0.2, 0.25) is 0 Å². The number of nitrogens with zero attached hydrogens (tertiary/aromatic N) is 1. The van der Waals surface area contributed by atoms with Crippen LogP contribution < -0.4 is 5.46 Å². The minimum absolute atomic E-state index is 0.160. The molecule has 0 N–H and O–H groups in total. The van der Waals surface area contributed by atoms with Crippen molar-refractivity contribution in [3.8, 4) is 11.1 Å². The molecule has 1 aromatic heterocycles. The zero-order valence-electron chi connectivity index (χ0n) is 25.8. The molecular weight excluding hydrogens is 501 g/mol. The van der Waals surface area contributed by atoms with Crippen molar-refractivity contribution in [1.29, 1.82) is 0 Å². The average Bonchev–Trinajstić information content (AvgIpc) is 3.46. The zero-order chi connectivity index (χ0) is 29.6. The van der Waals surface area contributed by atoms with Gasteiger partial charge in [0, 0.05) is 34.3 Å². The monoisotopic (exact) mass is 543 g/mol. The Labute approximate surface area is 246 Å². The summed E-state index contributed by atoms with van der Waals surface area (Å²) in [5.41, 5.74) is 8.76. The molecule has 3 nitrogen and oxygen atoms in total. The van der Waals surface area contributed by atoms with Gasteiger partial charge in [-0.05, 0) is 74.5 Å². The molecule has 0 atom stereocenters. The Kier molecular flexibility index (Phi) is 7.52. The lowest BCUT2D eigenvalue weighted by Gasteiger charge is -2.32. The van der Waals surface area contributed by atoms with Gasteiger partial charge in [-0.1, -0.05) is 98.8 Å². The molecule has 1 saturated heterocycles. The molecule has 7 rings (SSSR count). The molecule has 1 aliphatic carbocycles. The van der Waals surface area contributed by atoms with Crippen molar-refractivity contribution in [2.45, 2.75) is 65.1 Å². The SMILES string of the molecule is C=CC.CC1(C)c2ccccc2-c2ccccc21.Cn1c2ccccc2c2ccc(B3OC(C)(C)C(C)(C)O3)cc21. The van der Waals surface area contributed by atoms with Crippen molar-refractivity contribution >= 4 is 34.4 Å². The molecule has 2 aliphatic rings. The smallest absolute Gasteiger partial charge is 0.399 e. The summed E-state index contributed by atoms with van der Waals surface area (Å²) in [4.78, 5) is 0. The van der Waals surface area contributed by atoms with Crippen LogP contribution in [0.5, 0.6) is 0 Å². The maximum absolute atomic E-state index is 6.18. The van der Waals surface area contributed by atoms with Crippen molar-refractivity contribution in [3.05, 3.63) is 115 Å². The number of hydrogen-bond donors (Lipinski definition) is 0. The molecule has 41 heavy (non-hydrogen) atoms. The maximum Gasteiger partial charge on any atom is 0.494 e. The molecule has 4 heteroatoms. The van der Waals surface area contributed by atoms with E-state index in [2.05, 4.69) is 151 Å². The van der Waals surface area contributed by atoms with Crippen molar-refractivity contribution in [3.63, 3.8) is 0 Å². The molecule has 0 saturated carbocycles. The standard InChI is InChI=1S/C19H22BNO2.C15H14.C3H6/c1-18(2)19(3,4)23-20(22-18)13-10-11-15-14-8-6-7-9-16(14)21(5)17(15)12-13;1-15(2)13-9-5-3-7-11(13)12-8-4-6-10-14(12)15;1-3-2/h6-12H,1-5H3;3-10H,1-2H3;3H,1H2,2H3. The third-order valence-corrected chi connectivity index (χ3v) is 8.96. The fourth-order valence-electron chi connectivity index (χ4n) is 5.97. The minimum Gasteiger partial charge on any atom is -0.399 e. The molecule has 0 amide bonds. The van der Waals surface area contributed by atoms with E-state index in [1.165, 1.54) is 44.1 Å². The van der Waals surface area contributed by atoms with Gasteiger partial charge in [0.2, 0.25) is 0 Å². The largest absolute Gasteiger partial charge is 0.494 e. The van der Waals surface area contributed by atoms with Crippen LogP contribution in [0.25, 0.3) is 32.9 Å². The summed E-state index contributed by atoms with van der Waals surface area (Å²) in [5, 5.41) is 2.55. The van der Waals surface area contributed by atoms with Gasteiger partial charge in [-0.3, -0.25) is 0 Å². The quantitative estimate of drug-likeness (QED) is 0.156. The van der Waals surface area contributed by atoms with Gasteiger partial charge >= 0.3 is 7.12 Å². The Hall–Kier alpha value is -3.60. The van der Waals surface area contributed by atoms with Gasteiger partial charge in [0.25, 0.3) is 0 Å². The van der Waals surface area contributed by atoms with E-state index in [4.69, 9.17) is 9.31 Å². The number of allylic oxidation sites excluding steroid dienone is 1. The van der Waals surface area contributed by atoms with Crippen molar-refractivity contribution in [1.82, 2.24) is 4.57 Å². The fraction of sp³-hybridized carbons (Fsp3) is 0.297. The summed E-state index contributed by atoms with van der Waals surface area (Å²) >= 11 is 0. The molecular formula is C37H42BNO2. The lowest BCUT2D eigenvalue weighted by atomic mass is 9.79. The van der Waals surface area contributed by atoms with Gasteiger partial charge in [0.1, 0.15) is 0 Å². The summed E-state index contributed by atoms with van der Waals surface area (Å²) in [7, 11) is 1.79. The summed E-state index contributed by atoms with van der Waals surface area (Å²) in [6.45, 7) is 18.2. The van der Waals surface area contributed by atoms with Gasteiger partial charge in [0.15, 0.2) is 0 Å². The summed E-state index contributed by atoms with van der Waals surface area (Å²) in [6, 6.07) is 32.4. The van der Waals surface area contributed by atoms with Crippen molar-refractivity contribution < 1.29 is 9.31 Å². The van der Waals surface area contributed by atoms with Gasteiger partial charge in [-0.25, -0.2) is 0 Å². The van der Waals surface area contributed by atoms with Crippen LogP contribution in [0.15, 0.2) is 104 Å². The van der Waals surface area contributed by atoms with E-state index >= 15 is 0 Å². The van der Waals surface area contributed by atoms with Crippen molar-refractivity contribution in [2.75, 3.05) is 0 Å². The zero-order valence-corrected chi connectivity index (χ0v) is 25.8. The van der Waals surface area contributed by atoms with E-state index in [1.54, 1.807) is 6.08 Å². The number of rotatable bonds is 1. The number of hydrogen-bond acceptors (Lipinski definition) is 2. The van der Waals surface area contributed by atoms with Crippen LogP contribution in [0, 0.1) is 0 Å². The molecule has 5 aromatic rings. The van der Waals surface area contributed by atoms with Crippen LogP contribution >= 0.6 is 0 Å². The highest BCUT2D eigenvalue weighted by atomic mass is 16.7. The lowest BCUT2D eigenvalue weighted by Crippen LogP contribution is -2.41. The Morgan fingerprint density at radius 1 is 0.659 bits per heavy atom. The highest BCUT2D eigenvalue weighted by Gasteiger charge is 2.51. The number of aryl methyl sites for hydroxylation is 1. The normalized spacial score (nSPS) is 17.2. The van der Waals surface area contributed by atoms with Crippen LogP contribution in [-0.2, 0) is 21.8 Å². The van der Waals surface area contributed by atoms with E-state index in [1.807, 2.05) is 6.92 Å². The lowest BCUT2D eigenvalue weighted by molar-refractivity contribution is 0.00578. The maximum atomic E-state index is 6.18. The predicted molar refractivity (Wildman–Crippen MR) is 176 cm³/mol. The van der Waals surface area contributed by atoms with Crippen LogP contribution in [0.3, 0.4) is 0 Å². The van der Waals surface area contributed by atoms with Crippen LogP contribution in [-0.4, -0.2) is 22.9 Å². The molecule has 0 spiro atoms. The first-order valence-electron chi connectivity index (χ1n) is 14.5. The Balaban J connectivity index is 0.000000161. The number of benzene rings is 4. The Bertz CT molecular complexity index is 1660. The molecule has 1 fully saturated rings. The number of aromatic nitrogens is 1. The van der Waals surface area contributed by atoms with E-state index in [0.29, 0.717) is 0 Å². The van der Waals surface area contributed by atoms with Crippen LogP contribution in [0.4, 0.5) is 0 Å². The molecule has 0 unspecified atom stereocenters.